The van der Waals surface area contributed by atoms with E-state index >= 15 is 0 Å². The maximum absolute atomic E-state index is 12.8. The Morgan fingerprint density at radius 2 is 1.83 bits per heavy atom. The van der Waals surface area contributed by atoms with Crippen LogP contribution in [-0.2, 0) is 9.53 Å². The lowest BCUT2D eigenvalue weighted by Crippen LogP contribution is -2.31. The molecule has 1 aromatic carbocycles. The number of halogens is 1. The van der Waals surface area contributed by atoms with Crippen molar-refractivity contribution in [2.24, 2.45) is 0 Å². The first-order valence-electron chi connectivity index (χ1n) is 6.05. The number of hydrogen-bond donors (Lipinski definition) is 0. The topological polar surface area (TPSA) is 29.5 Å². The summed E-state index contributed by atoms with van der Waals surface area (Å²) in [4.78, 5) is 13.4. The SMILES string of the molecule is CC(C)OC(=O)CN(C)C(C)c1ccc(F)cc1. The molecule has 0 radical (unpaired) electrons. The highest BCUT2D eigenvalue weighted by Crippen LogP contribution is 2.18. The average molecular weight is 253 g/mol. The minimum absolute atomic E-state index is 0.0327. The molecular weight excluding hydrogens is 233 g/mol. The van der Waals surface area contributed by atoms with Gasteiger partial charge in [0, 0.05) is 6.04 Å². The fourth-order valence-corrected chi connectivity index (χ4v) is 1.64. The Balaban J connectivity index is 2.58. The van der Waals surface area contributed by atoms with E-state index < -0.39 is 0 Å². The molecule has 100 valence electrons. The molecule has 0 fully saturated rings. The molecular formula is C14H20FNO2. The molecule has 18 heavy (non-hydrogen) atoms. The van der Waals surface area contributed by atoms with Gasteiger partial charge in [0.1, 0.15) is 5.82 Å². The molecule has 1 atom stereocenters. The first kappa shape index (κ1) is 14.6. The highest BCUT2D eigenvalue weighted by molar-refractivity contribution is 5.71. The highest BCUT2D eigenvalue weighted by atomic mass is 19.1. The molecule has 0 N–H and O–H groups in total. The number of ether oxygens (including phenoxy) is 1. The van der Waals surface area contributed by atoms with Gasteiger partial charge in [-0.3, -0.25) is 9.69 Å². The van der Waals surface area contributed by atoms with E-state index in [1.807, 2.05) is 32.7 Å². The summed E-state index contributed by atoms with van der Waals surface area (Å²) in [6.07, 6.45) is -0.105. The largest absolute Gasteiger partial charge is 0.462 e. The van der Waals surface area contributed by atoms with Crippen LogP contribution in [0.15, 0.2) is 24.3 Å². The van der Waals surface area contributed by atoms with E-state index in [0.29, 0.717) is 0 Å². The van der Waals surface area contributed by atoms with Crippen LogP contribution < -0.4 is 0 Å². The third-order valence-electron chi connectivity index (χ3n) is 2.76. The van der Waals surface area contributed by atoms with Crippen molar-refractivity contribution in [3.05, 3.63) is 35.6 Å². The van der Waals surface area contributed by atoms with E-state index in [4.69, 9.17) is 4.74 Å². The van der Waals surface area contributed by atoms with Crippen molar-refractivity contribution in [2.75, 3.05) is 13.6 Å². The number of esters is 1. The van der Waals surface area contributed by atoms with Gasteiger partial charge in [-0.05, 0) is 45.5 Å². The fourth-order valence-electron chi connectivity index (χ4n) is 1.64. The molecule has 0 amide bonds. The van der Waals surface area contributed by atoms with Crippen LogP contribution in [0, 0.1) is 5.82 Å². The minimum Gasteiger partial charge on any atom is -0.462 e. The number of benzene rings is 1. The molecule has 0 aliphatic carbocycles. The monoisotopic (exact) mass is 253 g/mol. The summed E-state index contributed by atoms with van der Waals surface area (Å²) >= 11 is 0. The predicted molar refractivity (Wildman–Crippen MR) is 68.7 cm³/mol. The van der Waals surface area contributed by atoms with E-state index in [9.17, 15) is 9.18 Å². The Bertz CT molecular complexity index is 389. The summed E-state index contributed by atoms with van der Waals surface area (Å²) in [6.45, 7) is 5.83. The summed E-state index contributed by atoms with van der Waals surface area (Å²) in [7, 11) is 1.84. The van der Waals surface area contributed by atoms with Crippen LogP contribution in [0.2, 0.25) is 0 Å². The number of carbonyl (C=O) groups excluding carboxylic acids is 1. The maximum Gasteiger partial charge on any atom is 0.320 e. The third-order valence-corrected chi connectivity index (χ3v) is 2.76. The molecule has 0 aliphatic heterocycles. The Morgan fingerprint density at radius 1 is 1.28 bits per heavy atom. The summed E-state index contributed by atoms with van der Waals surface area (Å²) < 4.78 is 17.9. The Labute approximate surface area is 108 Å². The second kappa shape index (κ2) is 6.50. The lowest BCUT2D eigenvalue weighted by Gasteiger charge is -2.24. The van der Waals surface area contributed by atoms with Crippen LogP contribution >= 0.6 is 0 Å². The zero-order chi connectivity index (χ0) is 13.7. The van der Waals surface area contributed by atoms with Crippen molar-refractivity contribution in [2.45, 2.75) is 32.9 Å². The predicted octanol–water partition coefficient (Wildman–Crippen LogP) is 2.77. The molecule has 1 aromatic rings. The van der Waals surface area contributed by atoms with E-state index in [-0.39, 0.29) is 30.5 Å². The summed E-state index contributed by atoms with van der Waals surface area (Å²) in [6, 6.07) is 6.33. The normalized spacial score (nSPS) is 12.8. The first-order chi connectivity index (χ1) is 8.40. The van der Waals surface area contributed by atoms with Gasteiger partial charge in [0.15, 0.2) is 0 Å². The van der Waals surface area contributed by atoms with Crippen molar-refractivity contribution >= 4 is 5.97 Å². The lowest BCUT2D eigenvalue weighted by atomic mass is 10.1. The van der Waals surface area contributed by atoms with Crippen LogP contribution in [0.5, 0.6) is 0 Å². The second-order valence-corrected chi connectivity index (χ2v) is 4.68. The molecule has 1 rings (SSSR count). The third kappa shape index (κ3) is 4.45. The molecule has 0 heterocycles. The Kier molecular flexibility index (Phi) is 5.28. The summed E-state index contributed by atoms with van der Waals surface area (Å²) in [5.74, 6) is -0.505. The maximum atomic E-state index is 12.8. The standard InChI is InChI=1S/C14H20FNO2/c1-10(2)18-14(17)9-16(4)11(3)12-5-7-13(15)8-6-12/h5-8,10-11H,9H2,1-4H3. The van der Waals surface area contributed by atoms with Gasteiger partial charge in [-0.15, -0.1) is 0 Å². The second-order valence-electron chi connectivity index (χ2n) is 4.68. The van der Waals surface area contributed by atoms with Crippen LogP contribution in [0.1, 0.15) is 32.4 Å². The molecule has 4 heteroatoms. The van der Waals surface area contributed by atoms with Gasteiger partial charge in [0.05, 0.1) is 12.6 Å². The van der Waals surface area contributed by atoms with Crippen LogP contribution in [-0.4, -0.2) is 30.6 Å². The number of rotatable bonds is 5. The summed E-state index contributed by atoms with van der Waals surface area (Å²) in [5.41, 5.74) is 0.969. The number of nitrogens with zero attached hydrogens (tertiary/aromatic N) is 1. The molecule has 0 aliphatic rings. The Morgan fingerprint density at radius 3 is 2.33 bits per heavy atom. The zero-order valence-electron chi connectivity index (χ0n) is 11.3. The summed E-state index contributed by atoms with van der Waals surface area (Å²) in [5, 5.41) is 0. The van der Waals surface area contributed by atoms with Crippen molar-refractivity contribution in [1.29, 1.82) is 0 Å². The van der Waals surface area contributed by atoms with E-state index in [1.54, 1.807) is 12.1 Å². The van der Waals surface area contributed by atoms with Crippen molar-refractivity contribution in [3.8, 4) is 0 Å². The number of carbonyl (C=O) groups is 1. The van der Waals surface area contributed by atoms with Gasteiger partial charge in [0.2, 0.25) is 0 Å². The van der Waals surface area contributed by atoms with Gasteiger partial charge in [-0.25, -0.2) is 4.39 Å². The van der Waals surface area contributed by atoms with Crippen molar-refractivity contribution < 1.29 is 13.9 Å². The molecule has 3 nitrogen and oxygen atoms in total. The number of likely N-dealkylation sites (N-methyl/N-ethyl adjacent to an activating group) is 1. The molecule has 0 saturated carbocycles. The van der Waals surface area contributed by atoms with E-state index in [2.05, 4.69) is 0 Å². The van der Waals surface area contributed by atoms with Gasteiger partial charge >= 0.3 is 5.97 Å². The van der Waals surface area contributed by atoms with Crippen LogP contribution in [0.4, 0.5) is 4.39 Å². The quantitative estimate of drug-likeness (QED) is 0.756. The van der Waals surface area contributed by atoms with Crippen molar-refractivity contribution in [1.82, 2.24) is 4.90 Å². The smallest absolute Gasteiger partial charge is 0.320 e. The molecule has 0 aromatic heterocycles. The lowest BCUT2D eigenvalue weighted by molar-refractivity contribution is -0.148. The molecule has 0 saturated heterocycles. The Hall–Kier alpha value is -1.42. The molecule has 1 unspecified atom stereocenters. The average Bonchev–Trinajstić information content (AvgIpc) is 2.27. The van der Waals surface area contributed by atoms with Gasteiger partial charge in [-0.2, -0.15) is 0 Å². The molecule has 0 bridgehead atoms. The molecule has 0 spiro atoms. The van der Waals surface area contributed by atoms with Gasteiger partial charge < -0.3 is 4.74 Å². The van der Waals surface area contributed by atoms with Gasteiger partial charge in [-0.1, -0.05) is 12.1 Å². The van der Waals surface area contributed by atoms with E-state index in [1.165, 1.54) is 12.1 Å². The zero-order valence-corrected chi connectivity index (χ0v) is 11.3. The highest BCUT2D eigenvalue weighted by Gasteiger charge is 2.16. The van der Waals surface area contributed by atoms with Crippen molar-refractivity contribution in [3.63, 3.8) is 0 Å². The van der Waals surface area contributed by atoms with Gasteiger partial charge in [0.25, 0.3) is 0 Å². The van der Waals surface area contributed by atoms with E-state index in [0.717, 1.165) is 5.56 Å². The number of hydrogen-bond acceptors (Lipinski definition) is 3. The van der Waals surface area contributed by atoms with Crippen LogP contribution in [0.25, 0.3) is 0 Å². The minimum atomic E-state index is -0.257. The fraction of sp³-hybridized carbons (Fsp3) is 0.500. The van der Waals surface area contributed by atoms with Crippen LogP contribution in [0.3, 0.4) is 0 Å². The first-order valence-corrected chi connectivity index (χ1v) is 6.05.